The highest BCUT2D eigenvalue weighted by atomic mass is 16.6. The Labute approximate surface area is 126 Å². The lowest BCUT2D eigenvalue weighted by molar-refractivity contribution is -0.385. The SMILES string of the molecule is COc1cc(Nc2ccc([N+](=O)[O-])c(C#N)n2)cc(OC)c1. The Hall–Kier alpha value is -3.34. The molecule has 112 valence electrons. The highest BCUT2D eigenvalue weighted by Crippen LogP contribution is 2.28. The summed E-state index contributed by atoms with van der Waals surface area (Å²) in [6, 6.07) is 9.47. The maximum absolute atomic E-state index is 10.8. The Balaban J connectivity index is 2.35. The summed E-state index contributed by atoms with van der Waals surface area (Å²) in [7, 11) is 3.05. The van der Waals surface area contributed by atoms with Crippen LogP contribution in [0.5, 0.6) is 11.5 Å². The average molecular weight is 300 g/mol. The van der Waals surface area contributed by atoms with Gasteiger partial charge in [0.1, 0.15) is 23.4 Å². The fourth-order valence-electron chi connectivity index (χ4n) is 1.78. The van der Waals surface area contributed by atoms with Gasteiger partial charge in [-0.25, -0.2) is 4.98 Å². The summed E-state index contributed by atoms with van der Waals surface area (Å²) >= 11 is 0. The summed E-state index contributed by atoms with van der Waals surface area (Å²) in [6.45, 7) is 0. The highest BCUT2D eigenvalue weighted by Gasteiger charge is 2.15. The van der Waals surface area contributed by atoms with Gasteiger partial charge in [0.05, 0.1) is 19.1 Å². The molecule has 0 aliphatic heterocycles. The Morgan fingerprint density at radius 3 is 2.36 bits per heavy atom. The van der Waals surface area contributed by atoms with E-state index in [-0.39, 0.29) is 11.4 Å². The van der Waals surface area contributed by atoms with E-state index in [9.17, 15) is 10.1 Å². The lowest BCUT2D eigenvalue weighted by Crippen LogP contribution is -2.00. The lowest BCUT2D eigenvalue weighted by Gasteiger charge is -2.10. The molecule has 0 bridgehead atoms. The quantitative estimate of drug-likeness (QED) is 0.667. The van der Waals surface area contributed by atoms with Crippen LogP contribution in [0, 0.1) is 21.4 Å². The van der Waals surface area contributed by atoms with Crippen molar-refractivity contribution in [2.75, 3.05) is 19.5 Å². The van der Waals surface area contributed by atoms with Crippen molar-refractivity contribution in [3.8, 4) is 17.6 Å². The minimum Gasteiger partial charge on any atom is -0.497 e. The number of nitrogens with zero attached hydrogens (tertiary/aromatic N) is 3. The van der Waals surface area contributed by atoms with E-state index >= 15 is 0 Å². The number of pyridine rings is 1. The van der Waals surface area contributed by atoms with Crippen molar-refractivity contribution >= 4 is 17.2 Å². The number of hydrogen-bond donors (Lipinski definition) is 1. The van der Waals surface area contributed by atoms with Crippen molar-refractivity contribution in [3.63, 3.8) is 0 Å². The first-order chi connectivity index (χ1) is 10.6. The Morgan fingerprint density at radius 1 is 1.23 bits per heavy atom. The molecule has 2 rings (SSSR count). The molecule has 0 spiro atoms. The van der Waals surface area contributed by atoms with Gasteiger partial charge in [-0.3, -0.25) is 10.1 Å². The van der Waals surface area contributed by atoms with E-state index in [1.54, 1.807) is 24.3 Å². The van der Waals surface area contributed by atoms with Crippen molar-refractivity contribution in [3.05, 3.63) is 46.1 Å². The molecule has 1 aromatic carbocycles. The van der Waals surface area contributed by atoms with Crippen LogP contribution in [0.15, 0.2) is 30.3 Å². The van der Waals surface area contributed by atoms with Crippen molar-refractivity contribution in [1.29, 1.82) is 5.26 Å². The fourth-order valence-corrected chi connectivity index (χ4v) is 1.78. The molecule has 22 heavy (non-hydrogen) atoms. The molecule has 0 fully saturated rings. The number of methoxy groups -OCH3 is 2. The van der Waals surface area contributed by atoms with E-state index < -0.39 is 4.92 Å². The van der Waals surface area contributed by atoms with Gasteiger partial charge in [0.2, 0.25) is 5.69 Å². The number of nitro groups is 1. The maximum atomic E-state index is 10.8. The number of benzene rings is 1. The molecule has 0 radical (unpaired) electrons. The van der Waals surface area contributed by atoms with Crippen LogP contribution in [0.4, 0.5) is 17.2 Å². The molecular weight excluding hydrogens is 288 g/mol. The molecule has 1 heterocycles. The van der Waals surface area contributed by atoms with Crippen LogP contribution in [0.2, 0.25) is 0 Å². The third-order valence-corrected chi connectivity index (χ3v) is 2.80. The Kier molecular flexibility index (Phi) is 4.38. The van der Waals surface area contributed by atoms with E-state index in [0.717, 1.165) is 0 Å². The number of hydrogen-bond acceptors (Lipinski definition) is 7. The molecule has 0 aliphatic carbocycles. The summed E-state index contributed by atoms with van der Waals surface area (Å²) in [5.41, 5.74) is 0.0163. The number of nitriles is 1. The van der Waals surface area contributed by atoms with Crippen molar-refractivity contribution in [1.82, 2.24) is 4.98 Å². The zero-order chi connectivity index (χ0) is 16.1. The van der Waals surface area contributed by atoms with Crippen molar-refractivity contribution < 1.29 is 14.4 Å². The molecule has 2 aromatic rings. The first-order valence-corrected chi connectivity index (χ1v) is 6.13. The topological polar surface area (TPSA) is 110 Å². The van der Waals surface area contributed by atoms with Gasteiger partial charge in [-0.1, -0.05) is 0 Å². The predicted octanol–water partition coefficient (Wildman–Crippen LogP) is 2.62. The second kappa shape index (κ2) is 6.41. The summed E-state index contributed by atoms with van der Waals surface area (Å²) in [6.07, 6.45) is 0. The van der Waals surface area contributed by atoms with Gasteiger partial charge in [-0.15, -0.1) is 0 Å². The molecule has 0 aliphatic rings. The van der Waals surface area contributed by atoms with Crippen molar-refractivity contribution in [2.45, 2.75) is 0 Å². The molecule has 0 unspecified atom stereocenters. The molecule has 0 atom stereocenters. The van der Waals surface area contributed by atoms with Gasteiger partial charge in [0.15, 0.2) is 0 Å². The summed E-state index contributed by atoms with van der Waals surface area (Å²) < 4.78 is 10.3. The minimum atomic E-state index is -0.649. The van der Waals surface area contributed by atoms with Gasteiger partial charge >= 0.3 is 5.69 Å². The monoisotopic (exact) mass is 300 g/mol. The molecule has 1 aromatic heterocycles. The first-order valence-electron chi connectivity index (χ1n) is 6.13. The van der Waals surface area contributed by atoms with Crippen LogP contribution in [0.25, 0.3) is 0 Å². The second-order valence-electron chi connectivity index (χ2n) is 4.16. The third kappa shape index (κ3) is 3.21. The van der Waals surface area contributed by atoms with Gasteiger partial charge in [-0.2, -0.15) is 5.26 Å². The van der Waals surface area contributed by atoms with E-state index in [1.807, 2.05) is 0 Å². The van der Waals surface area contributed by atoms with Crippen LogP contribution in [0.3, 0.4) is 0 Å². The van der Waals surface area contributed by atoms with Crippen LogP contribution in [-0.2, 0) is 0 Å². The van der Waals surface area contributed by atoms with E-state index in [2.05, 4.69) is 10.3 Å². The molecule has 1 N–H and O–H groups in total. The van der Waals surface area contributed by atoms with Gasteiger partial charge < -0.3 is 14.8 Å². The lowest BCUT2D eigenvalue weighted by atomic mass is 10.2. The summed E-state index contributed by atoms with van der Waals surface area (Å²) in [5, 5.41) is 22.7. The molecule has 8 heteroatoms. The summed E-state index contributed by atoms with van der Waals surface area (Å²) in [4.78, 5) is 14.1. The van der Waals surface area contributed by atoms with E-state index in [1.165, 1.54) is 26.4 Å². The molecule has 0 saturated heterocycles. The zero-order valence-electron chi connectivity index (χ0n) is 11.9. The van der Waals surface area contributed by atoms with Gasteiger partial charge in [0.25, 0.3) is 0 Å². The number of ether oxygens (including phenoxy) is 2. The largest absolute Gasteiger partial charge is 0.497 e. The third-order valence-electron chi connectivity index (χ3n) is 2.80. The average Bonchev–Trinajstić information content (AvgIpc) is 2.53. The van der Waals surface area contributed by atoms with Crippen LogP contribution in [0.1, 0.15) is 5.69 Å². The van der Waals surface area contributed by atoms with Gasteiger partial charge in [0, 0.05) is 30.0 Å². The Bertz CT molecular complexity index is 733. The van der Waals surface area contributed by atoms with Crippen LogP contribution in [-0.4, -0.2) is 24.1 Å². The normalized spacial score (nSPS) is 9.68. The zero-order valence-corrected chi connectivity index (χ0v) is 11.9. The highest BCUT2D eigenvalue weighted by molar-refractivity contribution is 5.63. The Morgan fingerprint density at radius 2 is 1.86 bits per heavy atom. The number of aromatic nitrogens is 1. The minimum absolute atomic E-state index is 0.259. The maximum Gasteiger partial charge on any atom is 0.305 e. The van der Waals surface area contributed by atoms with Crippen molar-refractivity contribution in [2.24, 2.45) is 0 Å². The van der Waals surface area contributed by atoms with Crippen LogP contribution >= 0.6 is 0 Å². The standard InChI is InChI=1S/C14H12N4O4/c1-21-10-5-9(6-11(7-10)22-2)16-14-4-3-13(18(19)20)12(8-15)17-14/h3-7H,1-2H3,(H,16,17). The first kappa shape index (κ1) is 15.1. The fraction of sp³-hybridized carbons (Fsp3) is 0.143. The molecule has 0 amide bonds. The van der Waals surface area contributed by atoms with Gasteiger partial charge in [-0.05, 0) is 6.07 Å². The molecule has 8 nitrogen and oxygen atoms in total. The predicted molar refractivity (Wildman–Crippen MR) is 78.4 cm³/mol. The van der Waals surface area contributed by atoms with Crippen LogP contribution < -0.4 is 14.8 Å². The number of anilines is 2. The van der Waals surface area contributed by atoms with E-state index in [0.29, 0.717) is 23.0 Å². The van der Waals surface area contributed by atoms with E-state index in [4.69, 9.17) is 14.7 Å². The molecule has 0 saturated carbocycles. The second-order valence-corrected chi connectivity index (χ2v) is 4.16. The smallest absolute Gasteiger partial charge is 0.305 e. The molecular formula is C14H12N4O4. The number of nitrogens with one attached hydrogen (secondary N) is 1. The summed E-state index contributed by atoms with van der Waals surface area (Å²) in [5.74, 6) is 1.45. The number of rotatable bonds is 5.